The summed E-state index contributed by atoms with van der Waals surface area (Å²) >= 11 is 0. The Morgan fingerprint density at radius 3 is 2.48 bits per heavy atom. The van der Waals surface area contributed by atoms with Gasteiger partial charge in [-0.05, 0) is 29.8 Å². The van der Waals surface area contributed by atoms with Gasteiger partial charge in [-0.15, -0.1) is 24.0 Å². The van der Waals surface area contributed by atoms with E-state index < -0.39 is 12.5 Å². The molecular formula is C17H21F2IN4O3. The summed E-state index contributed by atoms with van der Waals surface area (Å²) in [4.78, 5) is 17.0. The number of carbonyl (C=O) groups excluding carboxylic acids is 1. The molecule has 0 aliphatic carbocycles. The van der Waals surface area contributed by atoms with Gasteiger partial charge in [0.15, 0.2) is 11.7 Å². The molecule has 0 atom stereocenters. The van der Waals surface area contributed by atoms with Crippen molar-refractivity contribution in [1.29, 1.82) is 0 Å². The average Bonchev–Trinajstić information content (AvgIpc) is 3.06. The minimum absolute atomic E-state index is 0. The minimum Gasteiger partial charge on any atom is -0.454 e. The number of halogens is 3. The van der Waals surface area contributed by atoms with Gasteiger partial charge in [-0.1, -0.05) is 12.1 Å². The number of carbonyl (C=O) groups is 1. The molecule has 0 saturated heterocycles. The number of rotatable bonds is 7. The van der Waals surface area contributed by atoms with E-state index in [2.05, 4.69) is 15.0 Å². The van der Waals surface area contributed by atoms with E-state index in [1.807, 2.05) is 11.9 Å². The Kier molecular flexibility index (Phi) is 8.98. The van der Waals surface area contributed by atoms with Crippen LogP contribution in [-0.2, 0) is 13.1 Å². The van der Waals surface area contributed by atoms with Crippen LogP contribution in [0.4, 0.5) is 8.78 Å². The zero-order chi connectivity index (χ0) is 19.1. The molecule has 0 spiro atoms. The molecule has 3 N–H and O–H groups in total. The van der Waals surface area contributed by atoms with Gasteiger partial charge in [0.2, 0.25) is 0 Å². The smallest absolute Gasteiger partial charge is 0.387 e. The number of amides is 1. The monoisotopic (exact) mass is 494 g/mol. The molecule has 0 saturated carbocycles. The Morgan fingerprint density at radius 1 is 1.30 bits per heavy atom. The molecule has 0 radical (unpaired) electrons. The third-order valence-electron chi connectivity index (χ3n) is 3.47. The van der Waals surface area contributed by atoms with Crippen LogP contribution in [0.5, 0.6) is 5.75 Å². The molecule has 148 valence electrons. The van der Waals surface area contributed by atoms with Gasteiger partial charge in [0, 0.05) is 20.6 Å². The molecular weight excluding hydrogens is 473 g/mol. The lowest BCUT2D eigenvalue weighted by Gasteiger charge is -2.22. The highest BCUT2D eigenvalue weighted by molar-refractivity contribution is 14.0. The summed E-state index contributed by atoms with van der Waals surface area (Å²) in [7, 11) is 3.46. The van der Waals surface area contributed by atoms with Crippen molar-refractivity contribution in [3.8, 4) is 5.75 Å². The van der Waals surface area contributed by atoms with Gasteiger partial charge in [-0.25, -0.2) is 0 Å². The molecule has 1 aromatic heterocycles. The summed E-state index contributed by atoms with van der Waals surface area (Å²) in [6.07, 6.45) is 0. The Morgan fingerprint density at radius 2 is 1.96 bits per heavy atom. The highest BCUT2D eigenvalue weighted by Crippen LogP contribution is 2.16. The van der Waals surface area contributed by atoms with Crippen molar-refractivity contribution in [3.05, 3.63) is 53.5 Å². The fourth-order valence-electron chi connectivity index (χ4n) is 2.28. The molecule has 1 amide bonds. The molecule has 0 fully saturated rings. The second-order valence-electron chi connectivity index (χ2n) is 5.41. The van der Waals surface area contributed by atoms with Gasteiger partial charge >= 0.3 is 6.61 Å². The highest BCUT2D eigenvalue weighted by atomic mass is 127. The molecule has 2 rings (SSSR count). The largest absolute Gasteiger partial charge is 0.454 e. The normalized spacial score (nSPS) is 11.1. The topological polar surface area (TPSA) is 93.1 Å². The molecule has 7 nitrogen and oxygen atoms in total. The molecule has 1 heterocycles. The van der Waals surface area contributed by atoms with Crippen molar-refractivity contribution >= 4 is 35.8 Å². The van der Waals surface area contributed by atoms with Gasteiger partial charge in [0.1, 0.15) is 11.5 Å². The van der Waals surface area contributed by atoms with Crippen molar-refractivity contribution in [3.63, 3.8) is 0 Å². The lowest BCUT2D eigenvalue weighted by molar-refractivity contribution is -0.0498. The van der Waals surface area contributed by atoms with Crippen LogP contribution in [0.2, 0.25) is 0 Å². The molecule has 0 aliphatic heterocycles. The number of benzene rings is 1. The number of guanidine groups is 1. The molecule has 0 unspecified atom stereocenters. The second kappa shape index (κ2) is 10.7. The van der Waals surface area contributed by atoms with Crippen molar-refractivity contribution in [2.45, 2.75) is 19.7 Å². The van der Waals surface area contributed by atoms with Crippen LogP contribution >= 0.6 is 24.0 Å². The third kappa shape index (κ3) is 7.04. The molecule has 0 aliphatic rings. The first-order valence-electron chi connectivity index (χ1n) is 7.73. The molecule has 1 aromatic carbocycles. The van der Waals surface area contributed by atoms with Crippen LogP contribution < -0.4 is 15.8 Å². The van der Waals surface area contributed by atoms with Crippen molar-refractivity contribution in [2.24, 2.45) is 10.7 Å². The molecule has 0 bridgehead atoms. The van der Waals surface area contributed by atoms with Crippen molar-refractivity contribution in [2.75, 3.05) is 14.1 Å². The molecule has 27 heavy (non-hydrogen) atoms. The first-order chi connectivity index (χ1) is 12.4. The Labute approximate surface area is 172 Å². The number of hydrogen-bond acceptors (Lipinski definition) is 4. The quantitative estimate of drug-likeness (QED) is 0.351. The van der Waals surface area contributed by atoms with E-state index in [1.165, 1.54) is 18.2 Å². The average molecular weight is 494 g/mol. The van der Waals surface area contributed by atoms with Crippen LogP contribution in [0.1, 0.15) is 21.9 Å². The van der Waals surface area contributed by atoms with E-state index in [0.717, 1.165) is 5.56 Å². The van der Waals surface area contributed by atoms with E-state index in [0.29, 0.717) is 24.8 Å². The fraction of sp³-hybridized carbons (Fsp3) is 0.294. The van der Waals surface area contributed by atoms with Crippen molar-refractivity contribution < 1.29 is 22.7 Å². The van der Waals surface area contributed by atoms with Crippen LogP contribution in [0.3, 0.4) is 0 Å². The number of aliphatic imine (C=N–C) groups is 1. The number of ether oxygens (including phenoxy) is 1. The summed E-state index contributed by atoms with van der Waals surface area (Å²) in [6, 6.07) is 9.54. The Hall–Kier alpha value is -2.37. The van der Waals surface area contributed by atoms with Crippen LogP contribution in [-0.4, -0.2) is 37.5 Å². The lowest BCUT2D eigenvalue weighted by Crippen LogP contribution is -2.37. The number of hydrogen-bond donors (Lipinski definition) is 2. The number of furan rings is 1. The first-order valence-corrected chi connectivity index (χ1v) is 7.73. The number of alkyl halides is 2. The van der Waals surface area contributed by atoms with E-state index in [-0.39, 0.29) is 35.5 Å². The molecule has 10 heteroatoms. The number of primary amides is 1. The van der Waals surface area contributed by atoms with Crippen LogP contribution in [0.15, 0.2) is 45.8 Å². The fourth-order valence-corrected chi connectivity index (χ4v) is 2.28. The van der Waals surface area contributed by atoms with Gasteiger partial charge < -0.3 is 25.1 Å². The summed E-state index contributed by atoms with van der Waals surface area (Å²) in [5, 5.41) is 3.10. The zero-order valence-electron chi connectivity index (χ0n) is 14.8. The summed E-state index contributed by atoms with van der Waals surface area (Å²) in [5.41, 5.74) is 6.04. The Bertz CT molecular complexity index is 766. The summed E-state index contributed by atoms with van der Waals surface area (Å²) in [5.74, 6) is 0.710. The zero-order valence-corrected chi connectivity index (χ0v) is 17.1. The summed E-state index contributed by atoms with van der Waals surface area (Å²) < 4.78 is 34.0. The summed E-state index contributed by atoms with van der Waals surface area (Å²) in [6.45, 7) is -2.02. The van der Waals surface area contributed by atoms with Gasteiger partial charge in [-0.3, -0.25) is 9.79 Å². The van der Waals surface area contributed by atoms with E-state index in [1.54, 1.807) is 25.2 Å². The first kappa shape index (κ1) is 22.7. The van der Waals surface area contributed by atoms with Crippen LogP contribution in [0.25, 0.3) is 0 Å². The second-order valence-corrected chi connectivity index (χ2v) is 5.41. The lowest BCUT2D eigenvalue weighted by atomic mass is 10.2. The van der Waals surface area contributed by atoms with Crippen LogP contribution in [0, 0.1) is 0 Å². The van der Waals surface area contributed by atoms with Gasteiger partial charge in [0.05, 0.1) is 6.54 Å². The maximum absolute atomic E-state index is 12.2. The highest BCUT2D eigenvalue weighted by Gasteiger charge is 2.11. The maximum Gasteiger partial charge on any atom is 0.387 e. The molecule has 2 aromatic rings. The van der Waals surface area contributed by atoms with E-state index in [9.17, 15) is 13.6 Å². The van der Waals surface area contributed by atoms with Gasteiger partial charge in [0.25, 0.3) is 5.91 Å². The van der Waals surface area contributed by atoms with Crippen molar-refractivity contribution in [1.82, 2.24) is 10.2 Å². The predicted molar refractivity (Wildman–Crippen MR) is 107 cm³/mol. The maximum atomic E-state index is 12.2. The number of nitrogens with zero attached hydrogens (tertiary/aromatic N) is 2. The number of nitrogens with one attached hydrogen (secondary N) is 1. The SMILES string of the molecule is CN=C(NCc1ccc(C(N)=O)o1)N(C)Cc1ccc(OC(F)F)cc1.I. The Balaban J connectivity index is 0.00000364. The third-order valence-corrected chi connectivity index (χ3v) is 3.47. The van der Waals surface area contributed by atoms with Gasteiger partial charge in [-0.2, -0.15) is 8.78 Å². The van der Waals surface area contributed by atoms with E-state index >= 15 is 0 Å². The predicted octanol–water partition coefficient (Wildman–Crippen LogP) is 2.81. The number of nitrogens with two attached hydrogens (primary N) is 1. The van der Waals surface area contributed by atoms with E-state index in [4.69, 9.17) is 10.2 Å². The standard InChI is InChI=1S/C17H20F2N4O3.HI/c1-21-17(22-9-13-7-8-14(25-13)15(20)24)23(2)10-11-3-5-12(6-4-11)26-16(18)19;/h3-8,16H,9-10H2,1-2H3,(H2,20,24)(H,21,22);1H. The minimum atomic E-state index is -2.84.